The van der Waals surface area contributed by atoms with Gasteiger partial charge in [0.15, 0.2) is 5.76 Å². The summed E-state index contributed by atoms with van der Waals surface area (Å²) >= 11 is 0. The van der Waals surface area contributed by atoms with E-state index < -0.39 is 23.1 Å². The van der Waals surface area contributed by atoms with Crippen LogP contribution in [-0.2, 0) is 22.8 Å². The number of carbonyl (C=O) groups is 1. The lowest BCUT2D eigenvalue weighted by Crippen LogP contribution is -2.20. The molecule has 0 radical (unpaired) electrons. The molecule has 0 spiro atoms. The molecule has 8 heteroatoms. The predicted molar refractivity (Wildman–Crippen MR) is 144 cm³/mol. The van der Waals surface area contributed by atoms with Crippen LogP contribution in [0.3, 0.4) is 0 Å². The highest BCUT2D eigenvalue weighted by Gasteiger charge is 2.51. The largest absolute Gasteiger partial charge is 0.481 e. The molecule has 5 rings (SSSR count). The van der Waals surface area contributed by atoms with E-state index in [1.807, 2.05) is 67.4 Å². The highest BCUT2D eigenvalue weighted by atomic mass is 19.4. The Morgan fingerprint density at radius 1 is 1.00 bits per heavy atom. The number of aromatic nitrogens is 1. The van der Waals surface area contributed by atoms with E-state index in [1.165, 1.54) is 12.1 Å². The van der Waals surface area contributed by atoms with Gasteiger partial charge in [-0.05, 0) is 60.9 Å². The second-order valence-corrected chi connectivity index (χ2v) is 10.2. The van der Waals surface area contributed by atoms with Crippen LogP contribution in [0.5, 0.6) is 0 Å². The highest BCUT2D eigenvalue weighted by molar-refractivity contribution is 5.85. The summed E-state index contributed by atoms with van der Waals surface area (Å²) in [5.74, 6) is -0.133. The average Bonchev–Trinajstić information content (AvgIpc) is 3.65. The zero-order chi connectivity index (χ0) is 27.8. The van der Waals surface area contributed by atoms with E-state index in [0.29, 0.717) is 43.6 Å². The first kappa shape index (κ1) is 26.5. The molecule has 202 valence electrons. The van der Waals surface area contributed by atoms with Gasteiger partial charge in [-0.1, -0.05) is 71.9 Å². The summed E-state index contributed by atoms with van der Waals surface area (Å²) in [6.07, 6.45) is -1.81. The quantitative estimate of drug-likeness (QED) is 0.241. The normalized spacial score (nSPS) is 14.3. The first-order chi connectivity index (χ1) is 18.6. The van der Waals surface area contributed by atoms with Gasteiger partial charge in [0.25, 0.3) is 0 Å². The molecule has 1 aliphatic rings. The molecule has 5 nitrogen and oxygen atoms in total. The number of carboxylic acids is 1. The standard InChI is InChI=1S/C31H29F3N2O3/c1-20-27(36(2)18-4-6-21-5-3-7-26(19-21)31(32,33)34)28(39-35-20)24-10-8-22(9-11-24)23-12-14-25(15-13-23)30(16-17-30)29(37)38/h3,5,7-15,19H,4,6,16-18H2,1-2H3,(H,37,38). The maximum Gasteiger partial charge on any atom is 0.416 e. The molecule has 1 aliphatic carbocycles. The SMILES string of the molecule is Cc1noc(-c2ccc(-c3ccc(C4(C(=O)O)CC4)cc3)cc2)c1N(C)CCCc1cccc(C(F)(F)F)c1. The monoisotopic (exact) mass is 534 g/mol. The average molecular weight is 535 g/mol. The summed E-state index contributed by atoms with van der Waals surface area (Å²) in [5.41, 5.74) is 4.58. The van der Waals surface area contributed by atoms with Crippen LogP contribution in [0.2, 0.25) is 0 Å². The number of rotatable bonds is 9. The second-order valence-electron chi connectivity index (χ2n) is 10.2. The zero-order valence-electron chi connectivity index (χ0n) is 21.8. The molecule has 1 fully saturated rings. The van der Waals surface area contributed by atoms with E-state index in [2.05, 4.69) is 5.16 Å². The lowest BCUT2D eigenvalue weighted by molar-refractivity contribution is -0.140. The molecule has 1 N–H and O–H groups in total. The van der Waals surface area contributed by atoms with E-state index in [-0.39, 0.29) is 0 Å². The van der Waals surface area contributed by atoms with Gasteiger partial charge in [-0.2, -0.15) is 13.2 Å². The van der Waals surface area contributed by atoms with Crippen molar-refractivity contribution in [2.75, 3.05) is 18.5 Å². The van der Waals surface area contributed by atoms with Crippen molar-refractivity contribution in [3.8, 4) is 22.5 Å². The van der Waals surface area contributed by atoms with Crippen LogP contribution in [0.25, 0.3) is 22.5 Å². The molecule has 1 heterocycles. The van der Waals surface area contributed by atoms with Gasteiger partial charge in [0.2, 0.25) is 0 Å². The maximum absolute atomic E-state index is 13.0. The Kier molecular flexibility index (Phi) is 6.97. The highest BCUT2D eigenvalue weighted by Crippen LogP contribution is 2.48. The Hall–Kier alpha value is -4.07. The number of hydrogen-bond acceptors (Lipinski definition) is 4. The topological polar surface area (TPSA) is 66.6 Å². The Labute approximate surface area is 224 Å². The summed E-state index contributed by atoms with van der Waals surface area (Å²) in [5, 5.41) is 13.7. The number of aryl methyl sites for hydroxylation is 2. The molecule has 3 aromatic carbocycles. The van der Waals surface area contributed by atoms with E-state index in [0.717, 1.165) is 39.7 Å². The Morgan fingerprint density at radius 3 is 2.21 bits per heavy atom. The van der Waals surface area contributed by atoms with Crippen molar-refractivity contribution in [3.63, 3.8) is 0 Å². The van der Waals surface area contributed by atoms with E-state index in [9.17, 15) is 23.1 Å². The van der Waals surface area contributed by atoms with Crippen LogP contribution in [0.4, 0.5) is 18.9 Å². The Morgan fingerprint density at radius 2 is 1.62 bits per heavy atom. The molecule has 0 unspecified atom stereocenters. The van der Waals surface area contributed by atoms with E-state index >= 15 is 0 Å². The predicted octanol–water partition coefficient (Wildman–Crippen LogP) is 7.52. The fourth-order valence-corrected chi connectivity index (χ4v) is 5.09. The van der Waals surface area contributed by atoms with Crippen molar-refractivity contribution in [1.82, 2.24) is 5.16 Å². The van der Waals surface area contributed by atoms with Crippen molar-refractivity contribution < 1.29 is 27.6 Å². The minimum atomic E-state index is -4.35. The third kappa shape index (κ3) is 5.41. The van der Waals surface area contributed by atoms with Gasteiger partial charge in [0, 0.05) is 19.2 Å². The summed E-state index contributed by atoms with van der Waals surface area (Å²) in [4.78, 5) is 13.6. The van der Waals surface area contributed by atoms with Gasteiger partial charge in [-0.3, -0.25) is 4.79 Å². The van der Waals surface area contributed by atoms with Gasteiger partial charge in [0.1, 0.15) is 11.4 Å². The molecular weight excluding hydrogens is 505 g/mol. The zero-order valence-corrected chi connectivity index (χ0v) is 21.8. The summed E-state index contributed by atoms with van der Waals surface area (Å²) in [6, 6.07) is 21.1. The third-order valence-corrected chi connectivity index (χ3v) is 7.50. The minimum absolute atomic E-state index is 0.523. The number of aliphatic carboxylic acids is 1. The molecule has 0 atom stereocenters. The van der Waals surface area contributed by atoms with E-state index in [1.54, 1.807) is 6.07 Å². The molecule has 0 amide bonds. The van der Waals surface area contributed by atoms with Crippen LogP contribution in [0.15, 0.2) is 77.3 Å². The van der Waals surface area contributed by atoms with Crippen molar-refractivity contribution in [1.29, 1.82) is 0 Å². The van der Waals surface area contributed by atoms with Crippen LogP contribution in [0, 0.1) is 6.92 Å². The van der Waals surface area contributed by atoms with Crippen molar-refractivity contribution >= 4 is 11.7 Å². The van der Waals surface area contributed by atoms with Gasteiger partial charge < -0.3 is 14.5 Å². The first-order valence-electron chi connectivity index (χ1n) is 12.9. The fraction of sp³-hybridized carbons (Fsp3) is 0.290. The van der Waals surface area contributed by atoms with Crippen LogP contribution in [-0.4, -0.2) is 29.8 Å². The van der Waals surface area contributed by atoms with Crippen molar-refractivity contribution in [2.45, 2.75) is 44.2 Å². The second kappa shape index (κ2) is 10.2. The van der Waals surface area contributed by atoms with Gasteiger partial charge in [0.05, 0.1) is 11.0 Å². The maximum atomic E-state index is 13.0. The van der Waals surface area contributed by atoms with Crippen molar-refractivity contribution in [3.05, 3.63) is 95.2 Å². The fourth-order valence-electron chi connectivity index (χ4n) is 5.09. The number of nitrogens with zero attached hydrogens (tertiary/aromatic N) is 2. The molecule has 39 heavy (non-hydrogen) atoms. The lowest BCUT2D eigenvalue weighted by atomic mass is 9.93. The van der Waals surface area contributed by atoms with E-state index in [4.69, 9.17) is 4.52 Å². The molecule has 0 saturated heterocycles. The molecular formula is C31H29F3N2O3. The minimum Gasteiger partial charge on any atom is -0.481 e. The third-order valence-electron chi connectivity index (χ3n) is 7.50. The van der Waals surface area contributed by atoms with Crippen molar-refractivity contribution in [2.24, 2.45) is 0 Å². The van der Waals surface area contributed by atoms with Crippen LogP contribution in [0.1, 0.15) is 41.6 Å². The molecule has 1 aromatic heterocycles. The molecule has 1 saturated carbocycles. The van der Waals surface area contributed by atoms with Crippen LogP contribution >= 0.6 is 0 Å². The summed E-state index contributed by atoms with van der Waals surface area (Å²) in [7, 11) is 1.93. The van der Waals surface area contributed by atoms with Gasteiger partial charge >= 0.3 is 12.1 Å². The van der Waals surface area contributed by atoms with Gasteiger partial charge in [-0.25, -0.2) is 0 Å². The van der Waals surface area contributed by atoms with Gasteiger partial charge in [-0.15, -0.1) is 0 Å². The number of carboxylic acid groups (broad SMARTS) is 1. The summed E-state index contributed by atoms with van der Waals surface area (Å²) < 4.78 is 44.7. The Balaban J connectivity index is 1.26. The first-order valence-corrected chi connectivity index (χ1v) is 12.9. The van der Waals surface area contributed by atoms with Crippen LogP contribution < -0.4 is 4.90 Å². The molecule has 4 aromatic rings. The smallest absolute Gasteiger partial charge is 0.416 e. The molecule has 0 bridgehead atoms. The number of anilines is 1. The number of hydrogen-bond donors (Lipinski definition) is 1. The number of halogens is 3. The number of alkyl halides is 3. The molecule has 0 aliphatic heterocycles. The Bertz CT molecular complexity index is 1470. The number of benzene rings is 3. The lowest BCUT2D eigenvalue weighted by Gasteiger charge is -2.19. The summed E-state index contributed by atoms with van der Waals surface area (Å²) in [6.45, 7) is 2.49.